The zero-order chi connectivity index (χ0) is 13.6. The summed E-state index contributed by atoms with van der Waals surface area (Å²) < 4.78 is 10.8. The van der Waals surface area contributed by atoms with Crippen LogP contribution in [0, 0.1) is 23.7 Å². The van der Waals surface area contributed by atoms with Gasteiger partial charge in [-0.3, -0.25) is 4.79 Å². The molecule has 6 atom stereocenters. The molecule has 3 saturated carbocycles. The van der Waals surface area contributed by atoms with Crippen molar-refractivity contribution < 1.29 is 19.1 Å². The van der Waals surface area contributed by atoms with Gasteiger partial charge in [-0.15, -0.1) is 0 Å². The summed E-state index contributed by atoms with van der Waals surface area (Å²) in [6, 6.07) is 0. The van der Waals surface area contributed by atoms with Crippen molar-refractivity contribution in [1.82, 2.24) is 0 Å². The lowest BCUT2D eigenvalue weighted by Gasteiger charge is -2.30. The van der Waals surface area contributed by atoms with E-state index in [2.05, 4.69) is 6.58 Å². The minimum Gasteiger partial charge on any atom is -0.463 e. The molecule has 0 spiro atoms. The van der Waals surface area contributed by atoms with Gasteiger partial charge in [0.2, 0.25) is 0 Å². The Morgan fingerprint density at radius 3 is 2.47 bits per heavy atom. The summed E-state index contributed by atoms with van der Waals surface area (Å²) in [5.41, 5.74) is 0. The lowest BCUT2D eigenvalue weighted by molar-refractivity contribution is -0.147. The maximum atomic E-state index is 11.3. The molecule has 3 fully saturated rings. The van der Waals surface area contributed by atoms with Crippen molar-refractivity contribution in [2.24, 2.45) is 23.7 Å². The van der Waals surface area contributed by atoms with E-state index >= 15 is 0 Å². The van der Waals surface area contributed by atoms with E-state index in [9.17, 15) is 9.59 Å². The van der Waals surface area contributed by atoms with E-state index in [0.29, 0.717) is 23.7 Å². The Morgan fingerprint density at radius 1 is 1.05 bits per heavy atom. The van der Waals surface area contributed by atoms with E-state index in [1.807, 2.05) is 0 Å². The molecule has 0 aromatic carbocycles. The van der Waals surface area contributed by atoms with Gasteiger partial charge in [0.25, 0.3) is 0 Å². The van der Waals surface area contributed by atoms with Crippen LogP contribution in [0.4, 0.5) is 0 Å². The SMILES string of the molecule is C=CC(=O)OC1CC2CC1C1CC(OC(C)=O)CC21. The first-order chi connectivity index (χ1) is 9.08. The number of esters is 2. The van der Waals surface area contributed by atoms with Crippen LogP contribution in [0.2, 0.25) is 0 Å². The third kappa shape index (κ3) is 2.17. The van der Waals surface area contributed by atoms with Crippen molar-refractivity contribution in [2.75, 3.05) is 0 Å². The summed E-state index contributed by atoms with van der Waals surface area (Å²) in [4.78, 5) is 22.4. The fourth-order valence-electron chi connectivity index (χ4n) is 4.62. The molecule has 4 heteroatoms. The van der Waals surface area contributed by atoms with Gasteiger partial charge in [-0.2, -0.15) is 0 Å². The Hall–Kier alpha value is -1.32. The highest BCUT2D eigenvalue weighted by Gasteiger charge is 2.57. The van der Waals surface area contributed by atoms with E-state index in [1.54, 1.807) is 0 Å². The molecule has 3 aliphatic carbocycles. The van der Waals surface area contributed by atoms with Crippen LogP contribution in [0.1, 0.15) is 32.6 Å². The molecule has 4 nitrogen and oxygen atoms in total. The number of carbonyl (C=O) groups excluding carboxylic acids is 2. The summed E-state index contributed by atoms with van der Waals surface area (Å²) in [6.45, 7) is 4.91. The second kappa shape index (κ2) is 4.66. The maximum Gasteiger partial charge on any atom is 0.330 e. The fraction of sp³-hybridized carbons (Fsp3) is 0.733. The van der Waals surface area contributed by atoms with Crippen LogP contribution in [0.5, 0.6) is 0 Å². The second-order valence-electron chi connectivity index (χ2n) is 6.11. The van der Waals surface area contributed by atoms with Crippen LogP contribution in [0.25, 0.3) is 0 Å². The predicted octanol–water partition coefficient (Wildman–Crippen LogP) is 2.08. The number of hydrogen-bond donors (Lipinski definition) is 0. The van der Waals surface area contributed by atoms with Gasteiger partial charge in [0.05, 0.1) is 0 Å². The zero-order valence-electron chi connectivity index (χ0n) is 11.2. The van der Waals surface area contributed by atoms with Crippen molar-refractivity contribution in [2.45, 2.75) is 44.8 Å². The van der Waals surface area contributed by atoms with Crippen LogP contribution in [-0.4, -0.2) is 24.1 Å². The maximum absolute atomic E-state index is 11.3. The first-order valence-corrected chi connectivity index (χ1v) is 7.08. The third-order valence-corrected chi connectivity index (χ3v) is 5.13. The molecule has 104 valence electrons. The Labute approximate surface area is 113 Å². The highest BCUT2D eigenvalue weighted by atomic mass is 16.5. The fourth-order valence-corrected chi connectivity index (χ4v) is 4.62. The lowest BCUT2D eigenvalue weighted by Crippen LogP contribution is -2.31. The van der Waals surface area contributed by atoms with Crippen molar-refractivity contribution in [3.05, 3.63) is 12.7 Å². The van der Waals surface area contributed by atoms with Crippen molar-refractivity contribution in [1.29, 1.82) is 0 Å². The summed E-state index contributed by atoms with van der Waals surface area (Å²) in [6.07, 6.45) is 5.43. The number of hydrogen-bond acceptors (Lipinski definition) is 4. The smallest absolute Gasteiger partial charge is 0.330 e. The zero-order valence-corrected chi connectivity index (χ0v) is 11.2. The summed E-state index contributed by atoms with van der Waals surface area (Å²) >= 11 is 0. The summed E-state index contributed by atoms with van der Waals surface area (Å²) in [5.74, 6) is 1.81. The van der Waals surface area contributed by atoms with Crippen LogP contribution in [0.15, 0.2) is 12.7 Å². The van der Waals surface area contributed by atoms with Crippen LogP contribution in [0.3, 0.4) is 0 Å². The monoisotopic (exact) mass is 264 g/mol. The molecule has 0 aromatic heterocycles. The van der Waals surface area contributed by atoms with Gasteiger partial charge in [0, 0.05) is 13.0 Å². The van der Waals surface area contributed by atoms with Gasteiger partial charge in [-0.05, 0) is 49.4 Å². The van der Waals surface area contributed by atoms with Crippen molar-refractivity contribution >= 4 is 11.9 Å². The molecule has 0 saturated heterocycles. The first kappa shape index (κ1) is 12.7. The van der Waals surface area contributed by atoms with E-state index < -0.39 is 0 Å². The number of ether oxygens (including phenoxy) is 2. The average molecular weight is 264 g/mol. The largest absolute Gasteiger partial charge is 0.463 e. The normalized spacial score (nSPS) is 42.8. The standard InChI is InChI=1S/C15H20O4/c1-3-15(17)19-14-5-9-4-13(14)12-7-10(6-11(9)12)18-8(2)16/h3,9-14H,1,4-7H2,2H3. The Morgan fingerprint density at radius 2 is 1.79 bits per heavy atom. The first-order valence-electron chi connectivity index (χ1n) is 7.08. The van der Waals surface area contributed by atoms with Gasteiger partial charge in [0.15, 0.2) is 0 Å². The second-order valence-corrected chi connectivity index (χ2v) is 6.11. The van der Waals surface area contributed by atoms with E-state index in [0.717, 1.165) is 25.7 Å². The Balaban J connectivity index is 1.64. The quantitative estimate of drug-likeness (QED) is 0.578. The van der Waals surface area contributed by atoms with Gasteiger partial charge >= 0.3 is 11.9 Å². The molecule has 6 unspecified atom stereocenters. The van der Waals surface area contributed by atoms with Gasteiger partial charge in [-0.25, -0.2) is 4.79 Å². The van der Waals surface area contributed by atoms with Crippen molar-refractivity contribution in [3.63, 3.8) is 0 Å². The molecule has 0 heterocycles. The van der Waals surface area contributed by atoms with Crippen LogP contribution in [-0.2, 0) is 19.1 Å². The molecule has 0 N–H and O–H groups in total. The van der Waals surface area contributed by atoms with Crippen molar-refractivity contribution in [3.8, 4) is 0 Å². The topological polar surface area (TPSA) is 52.6 Å². The number of carbonyl (C=O) groups is 2. The van der Waals surface area contributed by atoms with E-state index in [1.165, 1.54) is 13.0 Å². The predicted molar refractivity (Wildman–Crippen MR) is 68.1 cm³/mol. The highest BCUT2D eigenvalue weighted by Crippen LogP contribution is 2.59. The minimum absolute atomic E-state index is 0.0489. The van der Waals surface area contributed by atoms with Gasteiger partial charge in [0.1, 0.15) is 12.2 Å². The van der Waals surface area contributed by atoms with E-state index in [-0.39, 0.29) is 24.1 Å². The van der Waals surface area contributed by atoms with Crippen LogP contribution < -0.4 is 0 Å². The molecular formula is C15H20O4. The minimum atomic E-state index is -0.316. The molecular weight excluding hydrogens is 244 g/mol. The molecule has 3 aliphatic rings. The molecule has 19 heavy (non-hydrogen) atoms. The van der Waals surface area contributed by atoms with Gasteiger partial charge < -0.3 is 9.47 Å². The Kier molecular flexibility index (Phi) is 3.11. The summed E-state index contributed by atoms with van der Waals surface area (Å²) in [5, 5.41) is 0. The number of fused-ring (bicyclic) bond motifs is 5. The average Bonchev–Trinajstić information content (AvgIpc) is 2.98. The third-order valence-electron chi connectivity index (χ3n) is 5.13. The molecule has 0 radical (unpaired) electrons. The Bertz CT molecular complexity index is 416. The molecule has 0 aliphatic heterocycles. The number of rotatable bonds is 3. The molecule has 0 aromatic rings. The highest BCUT2D eigenvalue weighted by molar-refractivity contribution is 5.81. The van der Waals surface area contributed by atoms with Gasteiger partial charge in [-0.1, -0.05) is 6.58 Å². The van der Waals surface area contributed by atoms with Crippen LogP contribution >= 0.6 is 0 Å². The molecule has 0 amide bonds. The molecule has 3 rings (SSSR count). The molecule has 2 bridgehead atoms. The summed E-state index contributed by atoms with van der Waals surface area (Å²) in [7, 11) is 0. The van der Waals surface area contributed by atoms with E-state index in [4.69, 9.17) is 9.47 Å². The lowest BCUT2D eigenvalue weighted by atomic mass is 9.80.